The molecule has 2 aromatic rings. The Morgan fingerprint density at radius 3 is 2.74 bits per heavy atom. The summed E-state index contributed by atoms with van der Waals surface area (Å²) in [6, 6.07) is 4.15. The number of aliphatic hydroxyl groups is 1. The first-order valence-corrected chi connectivity index (χ1v) is 6.74. The Bertz CT molecular complexity index is 558. The van der Waals surface area contributed by atoms with Gasteiger partial charge >= 0.3 is 0 Å². The van der Waals surface area contributed by atoms with E-state index in [4.69, 9.17) is 0 Å². The molecule has 0 bridgehead atoms. The Balaban J connectivity index is 1.86. The number of hydrogen-bond acceptors (Lipinski definition) is 4. The number of aliphatic hydroxyl groups excluding tert-OH is 1. The topological polar surface area (TPSA) is 44.0 Å². The van der Waals surface area contributed by atoms with Gasteiger partial charge in [-0.05, 0) is 18.7 Å². The van der Waals surface area contributed by atoms with Gasteiger partial charge in [0.2, 0.25) is 0 Å². The molecule has 19 heavy (non-hydrogen) atoms. The molecule has 1 aliphatic heterocycles. The van der Waals surface area contributed by atoms with E-state index in [1.807, 2.05) is 16.8 Å². The van der Waals surface area contributed by atoms with Gasteiger partial charge in [-0.3, -0.25) is 4.90 Å². The van der Waals surface area contributed by atoms with Crippen LogP contribution in [0.25, 0.3) is 5.52 Å². The highest BCUT2D eigenvalue weighted by Crippen LogP contribution is 2.18. The number of aromatic nitrogens is 2. The van der Waals surface area contributed by atoms with E-state index >= 15 is 0 Å². The molecular weight excluding hydrogens is 240 g/mol. The zero-order valence-electron chi connectivity index (χ0n) is 11.3. The molecule has 2 aromatic heterocycles. The van der Waals surface area contributed by atoms with Crippen molar-refractivity contribution in [2.24, 2.45) is 0 Å². The minimum absolute atomic E-state index is 0.0449. The molecule has 0 aromatic carbocycles. The lowest BCUT2D eigenvalue weighted by Crippen LogP contribution is -2.43. The van der Waals surface area contributed by atoms with Crippen molar-refractivity contribution in [2.45, 2.75) is 13.2 Å². The van der Waals surface area contributed by atoms with Crippen LogP contribution in [0.3, 0.4) is 0 Å². The average molecular weight is 260 g/mol. The Hall–Kier alpha value is -1.43. The molecule has 1 aliphatic rings. The summed E-state index contributed by atoms with van der Waals surface area (Å²) in [5, 5.41) is 13.7. The third kappa shape index (κ3) is 2.49. The highest BCUT2D eigenvalue weighted by Gasteiger charge is 2.16. The van der Waals surface area contributed by atoms with E-state index in [-0.39, 0.29) is 6.61 Å². The number of likely N-dealkylation sites (N-methyl/N-ethyl adjacent to an activating group) is 1. The molecule has 0 spiro atoms. The quantitative estimate of drug-likeness (QED) is 0.876. The Morgan fingerprint density at radius 1 is 1.21 bits per heavy atom. The maximum Gasteiger partial charge on any atom is 0.0761 e. The van der Waals surface area contributed by atoms with Crippen molar-refractivity contribution < 1.29 is 5.11 Å². The molecule has 5 heteroatoms. The molecule has 0 saturated carbocycles. The summed E-state index contributed by atoms with van der Waals surface area (Å²) < 4.78 is 1.86. The molecule has 0 amide bonds. The van der Waals surface area contributed by atoms with Gasteiger partial charge in [0.15, 0.2) is 0 Å². The molecule has 1 saturated heterocycles. The van der Waals surface area contributed by atoms with Crippen LogP contribution in [0.4, 0.5) is 0 Å². The summed E-state index contributed by atoms with van der Waals surface area (Å²) in [5.41, 5.74) is 3.21. The first-order chi connectivity index (χ1) is 9.28. The molecule has 5 nitrogen and oxygen atoms in total. The summed E-state index contributed by atoms with van der Waals surface area (Å²) in [6.45, 7) is 5.41. The number of piperazine rings is 1. The molecule has 0 aliphatic carbocycles. The minimum Gasteiger partial charge on any atom is -0.392 e. The van der Waals surface area contributed by atoms with Gasteiger partial charge in [0.05, 0.1) is 18.3 Å². The average Bonchev–Trinajstić information content (AvgIpc) is 2.85. The van der Waals surface area contributed by atoms with Gasteiger partial charge in [0.1, 0.15) is 0 Å². The van der Waals surface area contributed by atoms with Crippen molar-refractivity contribution >= 4 is 5.52 Å². The monoisotopic (exact) mass is 260 g/mol. The number of hydrogen-bond donors (Lipinski definition) is 1. The zero-order valence-corrected chi connectivity index (χ0v) is 11.3. The van der Waals surface area contributed by atoms with Crippen LogP contribution in [-0.2, 0) is 13.2 Å². The van der Waals surface area contributed by atoms with E-state index in [0.717, 1.165) is 43.8 Å². The molecule has 1 fully saturated rings. The molecular formula is C14H20N4O. The third-order valence-corrected chi connectivity index (χ3v) is 3.86. The number of pyridine rings is 1. The maximum absolute atomic E-state index is 9.42. The Morgan fingerprint density at radius 2 is 2.00 bits per heavy atom. The number of nitrogens with zero attached hydrogens (tertiary/aromatic N) is 4. The highest BCUT2D eigenvalue weighted by molar-refractivity contribution is 5.60. The van der Waals surface area contributed by atoms with Crippen molar-refractivity contribution in [3.8, 4) is 0 Å². The molecule has 0 atom stereocenters. The third-order valence-electron chi connectivity index (χ3n) is 3.86. The van der Waals surface area contributed by atoms with E-state index in [2.05, 4.69) is 28.0 Å². The first-order valence-electron chi connectivity index (χ1n) is 6.74. The fourth-order valence-corrected chi connectivity index (χ4v) is 2.67. The van der Waals surface area contributed by atoms with Crippen molar-refractivity contribution in [2.75, 3.05) is 33.2 Å². The fraction of sp³-hybridized carbons (Fsp3) is 0.500. The predicted molar refractivity (Wildman–Crippen MR) is 73.9 cm³/mol. The fourth-order valence-electron chi connectivity index (χ4n) is 2.67. The van der Waals surface area contributed by atoms with Crippen molar-refractivity contribution in [3.05, 3.63) is 35.7 Å². The molecule has 0 radical (unpaired) electrons. The predicted octanol–water partition coefficient (Wildman–Crippen LogP) is 0.574. The molecule has 3 heterocycles. The number of rotatable bonds is 3. The second kappa shape index (κ2) is 5.28. The van der Waals surface area contributed by atoms with Crippen LogP contribution in [0.15, 0.2) is 24.5 Å². The van der Waals surface area contributed by atoms with E-state index in [1.165, 1.54) is 5.56 Å². The van der Waals surface area contributed by atoms with Crippen molar-refractivity contribution in [1.82, 2.24) is 19.4 Å². The Labute approximate surface area is 113 Å². The SMILES string of the molecule is CN1CCN(Cc2cccn3ncc(CO)c23)CC1. The van der Waals surface area contributed by atoms with E-state index in [9.17, 15) is 5.11 Å². The lowest BCUT2D eigenvalue weighted by Gasteiger charge is -2.32. The van der Waals surface area contributed by atoms with Gasteiger partial charge in [-0.2, -0.15) is 5.10 Å². The van der Waals surface area contributed by atoms with Gasteiger partial charge in [-0.25, -0.2) is 4.52 Å². The van der Waals surface area contributed by atoms with Crippen LogP contribution in [0, 0.1) is 0 Å². The molecule has 3 rings (SSSR count). The van der Waals surface area contributed by atoms with Crippen molar-refractivity contribution in [1.29, 1.82) is 0 Å². The Kier molecular flexibility index (Phi) is 3.50. The minimum atomic E-state index is 0.0449. The second-order valence-electron chi connectivity index (χ2n) is 5.23. The van der Waals surface area contributed by atoms with E-state index in [1.54, 1.807) is 6.20 Å². The summed E-state index contributed by atoms with van der Waals surface area (Å²) in [6.07, 6.45) is 3.69. The van der Waals surface area contributed by atoms with Crippen LogP contribution in [0.1, 0.15) is 11.1 Å². The van der Waals surface area contributed by atoms with Gasteiger partial charge in [-0.1, -0.05) is 6.07 Å². The maximum atomic E-state index is 9.42. The van der Waals surface area contributed by atoms with Crippen LogP contribution >= 0.6 is 0 Å². The molecule has 1 N–H and O–H groups in total. The largest absolute Gasteiger partial charge is 0.392 e. The zero-order chi connectivity index (χ0) is 13.2. The lowest BCUT2D eigenvalue weighted by atomic mass is 10.1. The summed E-state index contributed by atoms with van der Waals surface area (Å²) in [7, 11) is 2.17. The highest BCUT2D eigenvalue weighted by atomic mass is 16.3. The smallest absolute Gasteiger partial charge is 0.0761 e. The summed E-state index contributed by atoms with van der Waals surface area (Å²) in [5.74, 6) is 0. The summed E-state index contributed by atoms with van der Waals surface area (Å²) in [4.78, 5) is 4.82. The van der Waals surface area contributed by atoms with Crippen LogP contribution in [-0.4, -0.2) is 57.7 Å². The van der Waals surface area contributed by atoms with Crippen LogP contribution in [0.5, 0.6) is 0 Å². The van der Waals surface area contributed by atoms with Gasteiger partial charge in [0, 0.05) is 44.5 Å². The van der Waals surface area contributed by atoms with Gasteiger partial charge < -0.3 is 10.0 Å². The standard InChI is InChI=1S/C14H20N4O/c1-16-5-7-17(8-6-16)10-12-3-2-4-18-14(12)13(11-19)9-15-18/h2-4,9,19H,5-8,10-11H2,1H3. The lowest BCUT2D eigenvalue weighted by molar-refractivity contribution is 0.148. The molecule has 0 unspecified atom stereocenters. The van der Waals surface area contributed by atoms with Gasteiger partial charge in [-0.15, -0.1) is 0 Å². The van der Waals surface area contributed by atoms with Crippen LogP contribution < -0.4 is 0 Å². The second-order valence-corrected chi connectivity index (χ2v) is 5.23. The number of fused-ring (bicyclic) bond motifs is 1. The normalized spacial score (nSPS) is 18.2. The molecule has 102 valence electrons. The van der Waals surface area contributed by atoms with Gasteiger partial charge in [0.25, 0.3) is 0 Å². The van der Waals surface area contributed by atoms with Crippen LogP contribution in [0.2, 0.25) is 0 Å². The van der Waals surface area contributed by atoms with E-state index in [0.29, 0.717) is 0 Å². The van der Waals surface area contributed by atoms with E-state index < -0.39 is 0 Å². The first kappa shape index (κ1) is 12.6. The van der Waals surface area contributed by atoms with Crippen molar-refractivity contribution in [3.63, 3.8) is 0 Å². The summed E-state index contributed by atoms with van der Waals surface area (Å²) >= 11 is 0.